The second-order valence-electron chi connectivity index (χ2n) is 7.81. The van der Waals surface area contributed by atoms with Crippen LogP contribution in [0.2, 0.25) is 0 Å². The summed E-state index contributed by atoms with van der Waals surface area (Å²) in [5.41, 5.74) is 5.31. The van der Waals surface area contributed by atoms with Crippen molar-refractivity contribution in [2.24, 2.45) is 5.10 Å². The van der Waals surface area contributed by atoms with Crippen LogP contribution in [0.1, 0.15) is 29.2 Å². The molecular formula is C28H28N4O5. The van der Waals surface area contributed by atoms with Gasteiger partial charge in [-0.3, -0.25) is 4.79 Å². The molecule has 0 spiro atoms. The van der Waals surface area contributed by atoms with Gasteiger partial charge in [-0.15, -0.1) is 0 Å². The third-order valence-corrected chi connectivity index (χ3v) is 5.26. The van der Waals surface area contributed by atoms with Gasteiger partial charge in [-0.25, -0.2) is 10.2 Å². The smallest absolute Gasteiger partial charge is 0.407 e. The third-order valence-electron chi connectivity index (χ3n) is 5.26. The first-order valence-electron chi connectivity index (χ1n) is 11.6. The number of carbonyl (C=O) groups excluding carboxylic acids is 2. The number of nitrogens with one attached hydrogen (secondary N) is 2. The summed E-state index contributed by atoms with van der Waals surface area (Å²) in [5.74, 6) is 0.477. The fourth-order valence-electron chi connectivity index (χ4n) is 3.42. The molecule has 0 saturated carbocycles. The molecule has 0 aliphatic carbocycles. The first-order chi connectivity index (χ1) is 18.0. The van der Waals surface area contributed by atoms with Crippen molar-refractivity contribution >= 4 is 18.2 Å². The summed E-state index contributed by atoms with van der Waals surface area (Å²) in [6.45, 7) is 2.09. The fraction of sp³-hybridized carbons (Fsp3) is 0.214. The SMILES string of the molecule is CCOC(=O)N[C@@H](Cc1ccccc1)C(=O)N/N=C\c1ccc(OCc2ccccc2C#N)c(OC)c1. The number of alkyl carbamates (subject to hydrolysis) is 1. The van der Waals surface area contributed by atoms with Gasteiger partial charge in [0.15, 0.2) is 11.5 Å². The van der Waals surface area contributed by atoms with Crippen molar-refractivity contribution in [2.45, 2.75) is 26.0 Å². The summed E-state index contributed by atoms with van der Waals surface area (Å²) in [6.07, 6.45) is 1.05. The topological polar surface area (TPSA) is 122 Å². The van der Waals surface area contributed by atoms with Crippen LogP contribution in [0.5, 0.6) is 11.5 Å². The maximum absolute atomic E-state index is 12.8. The van der Waals surface area contributed by atoms with Gasteiger partial charge in [-0.2, -0.15) is 10.4 Å². The van der Waals surface area contributed by atoms with Gasteiger partial charge in [-0.1, -0.05) is 48.5 Å². The maximum Gasteiger partial charge on any atom is 0.407 e. The van der Waals surface area contributed by atoms with Crippen molar-refractivity contribution < 1.29 is 23.8 Å². The minimum Gasteiger partial charge on any atom is -0.493 e. The monoisotopic (exact) mass is 500 g/mol. The van der Waals surface area contributed by atoms with Crippen LogP contribution in [0, 0.1) is 11.3 Å². The van der Waals surface area contributed by atoms with Crippen molar-refractivity contribution in [3.63, 3.8) is 0 Å². The predicted octanol–water partition coefficient (Wildman–Crippen LogP) is 3.95. The number of carbonyl (C=O) groups is 2. The van der Waals surface area contributed by atoms with Gasteiger partial charge in [0.1, 0.15) is 12.6 Å². The van der Waals surface area contributed by atoms with Crippen molar-refractivity contribution in [1.82, 2.24) is 10.7 Å². The summed E-state index contributed by atoms with van der Waals surface area (Å²) in [7, 11) is 1.52. The van der Waals surface area contributed by atoms with Gasteiger partial charge in [0.05, 0.1) is 31.6 Å². The largest absolute Gasteiger partial charge is 0.493 e. The molecule has 0 unspecified atom stereocenters. The number of hydrogen-bond acceptors (Lipinski definition) is 7. The van der Waals surface area contributed by atoms with Gasteiger partial charge in [-0.05, 0) is 42.3 Å². The highest BCUT2D eigenvalue weighted by Gasteiger charge is 2.21. The molecule has 0 aromatic heterocycles. The van der Waals surface area contributed by atoms with Crippen molar-refractivity contribution in [2.75, 3.05) is 13.7 Å². The molecule has 3 rings (SSSR count). The molecule has 0 fully saturated rings. The van der Waals surface area contributed by atoms with E-state index in [2.05, 4.69) is 21.9 Å². The Morgan fingerprint density at radius 1 is 1.05 bits per heavy atom. The molecule has 9 nitrogen and oxygen atoms in total. The number of rotatable bonds is 11. The van der Waals surface area contributed by atoms with Crippen LogP contribution in [0.4, 0.5) is 4.79 Å². The molecule has 37 heavy (non-hydrogen) atoms. The summed E-state index contributed by atoms with van der Waals surface area (Å²) >= 11 is 0. The lowest BCUT2D eigenvalue weighted by Crippen LogP contribution is -2.47. The summed E-state index contributed by atoms with van der Waals surface area (Å²) in [5, 5.41) is 15.8. The fourth-order valence-corrected chi connectivity index (χ4v) is 3.42. The molecule has 0 aliphatic rings. The summed E-state index contributed by atoms with van der Waals surface area (Å²) in [4.78, 5) is 24.7. The van der Waals surface area contributed by atoms with Crippen molar-refractivity contribution in [3.05, 3.63) is 95.1 Å². The number of methoxy groups -OCH3 is 1. The van der Waals surface area contributed by atoms with Crippen LogP contribution >= 0.6 is 0 Å². The van der Waals surface area contributed by atoms with E-state index in [0.717, 1.165) is 11.1 Å². The molecule has 0 bridgehead atoms. The lowest BCUT2D eigenvalue weighted by Gasteiger charge is -2.16. The molecule has 0 saturated heterocycles. The molecule has 9 heteroatoms. The Hall–Kier alpha value is -4.84. The Kier molecular flexibility index (Phi) is 10.1. The molecule has 2 N–H and O–H groups in total. The Labute approximate surface area is 215 Å². The zero-order valence-corrected chi connectivity index (χ0v) is 20.6. The lowest BCUT2D eigenvalue weighted by molar-refractivity contribution is -0.123. The van der Waals surface area contributed by atoms with E-state index in [1.807, 2.05) is 42.5 Å². The maximum atomic E-state index is 12.8. The van der Waals surface area contributed by atoms with Crippen LogP contribution in [0.3, 0.4) is 0 Å². The van der Waals surface area contributed by atoms with Gasteiger partial charge < -0.3 is 19.5 Å². The molecule has 1 atom stereocenters. The molecule has 0 radical (unpaired) electrons. The first kappa shape index (κ1) is 26.8. The van der Waals surface area contributed by atoms with Gasteiger partial charge in [0.25, 0.3) is 5.91 Å². The van der Waals surface area contributed by atoms with E-state index in [1.54, 1.807) is 37.3 Å². The average Bonchev–Trinajstić information content (AvgIpc) is 2.92. The highest BCUT2D eigenvalue weighted by atomic mass is 16.5. The van der Waals surface area contributed by atoms with Gasteiger partial charge >= 0.3 is 6.09 Å². The standard InChI is InChI=1S/C28H28N4O5/c1-3-36-28(34)31-24(15-20-9-5-4-6-10-20)27(33)32-30-18-21-13-14-25(26(16-21)35-2)37-19-23-12-8-7-11-22(23)17-29/h4-14,16,18,24H,3,15,19H2,1-2H3,(H,31,34)(H,32,33)/b30-18-/t24-/m0/s1. The van der Waals surface area contributed by atoms with Crippen LogP contribution in [-0.4, -0.2) is 38.0 Å². The van der Waals surface area contributed by atoms with Crippen LogP contribution < -0.4 is 20.2 Å². The molecule has 190 valence electrons. The Morgan fingerprint density at radius 3 is 2.54 bits per heavy atom. The van der Waals surface area contributed by atoms with E-state index in [4.69, 9.17) is 14.2 Å². The van der Waals surface area contributed by atoms with E-state index in [0.29, 0.717) is 22.6 Å². The van der Waals surface area contributed by atoms with Crippen LogP contribution in [-0.2, 0) is 22.6 Å². The molecule has 0 heterocycles. The Bertz CT molecular complexity index is 1270. The number of ether oxygens (including phenoxy) is 3. The average molecular weight is 501 g/mol. The van der Waals surface area contributed by atoms with Crippen molar-refractivity contribution in [3.8, 4) is 17.6 Å². The zero-order valence-electron chi connectivity index (χ0n) is 20.6. The molecule has 3 aromatic carbocycles. The lowest BCUT2D eigenvalue weighted by atomic mass is 10.1. The highest BCUT2D eigenvalue weighted by molar-refractivity contribution is 5.87. The van der Waals surface area contributed by atoms with E-state index in [-0.39, 0.29) is 19.6 Å². The van der Waals surface area contributed by atoms with Gasteiger partial charge in [0, 0.05) is 12.0 Å². The summed E-state index contributed by atoms with van der Waals surface area (Å²) in [6, 6.07) is 23.0. The van der Waals surface area contributed by atoms with Crippen LogP contribution in [0.15, 0.2) is 77.9 Å². The Morgan fingerprint density at radius 2 is 1.81 bits per heavy atom. The number of hydrogen-bond donors (Lipinski definition) is 2. The number of nitriles is 1. The molecule has 3 aromatic rings. The van der Waals surface area contributed by atoms with E-state index >= 15 is 0 Å². The second-order valence-corrected chi connectivity index (χ2v) is 7.81. The number of amides is 2. The Balaban J connectivity index is 1.64. The highest BCUT2D eigenvalue weighted by Crippen LogP contribution is 2.28. The zero-order chi connectivity index (χ0) is 26.5. The third kappa shape index (κ3) is 8.11. The normalized spacial score (nSPS) is 11.3. The van der Waals surface area contributed by atoms with Crippen LogP contribution in [0.25, 0.3) is 0 Å². The number of nitrogens with zero attached hydrogens (tertiary/aromatic N) is 2. The molecular weight excluding hydrogens is 472 g/mol. The van der Waals surface area contributed by atoms with E-state index in [9.17, 15) is 14.9 Å². The molecule has 2 amide bonds. The summed E-state index contributed by atoms with van der Waals surface area (Å²) < 4.78 is 16.2. The minimum absolute atomic E-state index is 0.191. The quantitative estimate of drug-likeness (QED) is 0.304. The van der Waals surface area contributed by atoms with Crippen molar-refractivity contribution in [1.29, 1.82) is 5.26 Å². The first-order valence-corrected chi connectivity index (χ1v) is 11.6. The van der Waals surface area contributed by atoms with Gasteiger partial charge in [0.2, 0.25) is 0 Å². The number of hydrazone groups is 1. The number of benzene rings is 3. The van der Waals surface area contributed by atoms with E-state index < -0.39 is 18.0 Å². The molecule has 0 aliphatic heterocycles. The predicted molar refractivity (Wildman–Crippen MR) is 138 cm³/mol. The van der Waals surface area contributed by atoms with E-state index in [1.165, 1.54) is 13.3 Å². The second kappa shape index (κ2) is 13.9. The minimum atomic E-state index is -0.875.